The van der Waals surface area contributed by atoms with Crippen molar-refractivity contribution in [2.75, 3.05) is 6.54 Å². The molecule has 0 aliphatic rings. The van der Waals surface area contributed by atoms with E-state index < -0.39 is 0 Å². The molecule has 0 radical (unpaired) electrons. The molecule has 0 aromatic heterocycles. The van der Waals surface area contributed by atoms with Crippen LogP contribution in [0.3, 0.4) is 0 Å². The summed E-state index contributed by atoms with van der Waals surface area (Å²) >= 11 is 0. The molecule has 0 aliphatic heterocycles. The van der Waals surface area contributed by atoms with Gasteiger partial charge in [0.2, 0.25) is 0 Å². The van der Waals surface area contributed by atoms with Crippen LogP contribution in [-0.2, 0) is 0 Å². The van der Waals surface area contributed by atoms with Crippen LogP contribution in [0.4, 0.5) is 8.78 Å². The van der Waals surface area contributed by atoms with E-state index in [9.17, 15) is 8.78 Å². The largest absolute Gasteiger partial charge is 0.457 e. The lowest BCUT2D eigenvalue weighted by molar-refractivity contribution is 0.442. The topological polar surface area (TPSA) is 21.3 Å². The Bertz CT molecular complexity index is 628. The maximum absolute atomic E-state index is 14.1. The molecule has 0 saturated carbocycles. The molecule has 2 aromatic carbocycles. The first-order chi connectivity index (χ1) is 10.0. The number of rotatable bonds is 5. The molecule has 0 aliphatic carbocycles. The highest BCUT2D eigenvalue weighted by Gasteiger charge is 2.17. The van der Waals surface area contributed by atoms with Crippen molar-refractivity contribution < 1.29 is 13.5 Å². The summed E-state index contributed by atoms with van der Waals surface area (Å²) in [5, 5.41) is 3.16. The average Bonchev–Trinajstić information content (AvgIpc) is 2.43. The zero-order chi connectivity index (χ0) is 15.4. The Kier molecular flexibility index (Phi) is 4.91. The molecule has 4 heteroatoms. The van der Waals surface area contributed by atoms with Gasteiger partial charge in [-0.05, 0) is 44.2 Å². The Hall–Kier alpha value is -1.94. The molecule has 0 amide bonds. The van der Waals surface area contributed by atoms with Gasteiger partial charge in [0.05, 0.1) is 0 Å². The fourth-order valence-electron chi connectivity index (χ4n) is 2.24. The predicted molar refractivity (Wildman–Crippen MR) is 79.7 cm³/mol. The number of ether oxygens (including phenoxy) is 1. The highest BCUT2D eigenvalue weighted by molar-refractivity contribution is 5.43. The maximum Gasteiger partial charge on any atom is 0.135 e. The van der Waals surface area contributed by atoms with E-state index in [-0.39, 0.29) is 17.7 Å². The average molecular weight is 291 g/mol. The van der Waals surface area contributed by atoms with Crippen molar-refractivity contribution >= 4 is 0 Å². The molecular formula is C17H19F2NO. The number of hydrogen-bond donors (Lipinski definition) is 1. The van der Waals surface area contributed by atoms with E-state index in [1.165, 1.54) is 18.2 Å². The van der Waals surface area contributed by atoms with E-state index in [0.29, 0.717) is 23.6 Å². The Morgan fingerprint density at radius 1 is 1.14 bits per heavy atom. The third kappa shape index (κ3) is 3.58. The van der Waals surface area contributed by atoms with E-state index in [1.807, 2.05) is 20.8 Å². The third-order valence-corrected chi connectivity index (χ3v) is 3.33. The fourth-order valence-corrected chi connectivity index (χ4v) is 2.24. The first-order valence-electron chi connectivity index (χ1n) is 6.98. The highest BCUT2D eigenvalue weighted by Crippen LogP contribution is 2.33. The molecule has 0 fully saturated rings. The molecule has 21 heavy (non-hydrogen) atoms. The second-order valence-corrected chi connectivity index (χ2v) is 4.94. The van der Waals surface area contributed by atoms with Crippen LogP contribution in [0.15, 0.2) is 36.4 Å². The van der Waals surface area contributed by atoms with Crippen molar-refractivity contribution in [3.8, 4) is 11.5 Å². The van der Waals surface area contributed by atoms with Crippen molar-refractivity contribution in [2.45, 2.75) is 26.8 Å². The quantitative estimate of drug-likeness (QED) is 0.859. The molecule has 0 bridgehead atoms. The monoisotopic (exact) mass is 291 g/mol. The van der Waals surface area contributed by atoms with E-state index in [0.717, 1.165) is 5.56 Å². The van der Waals surface area contributed by atoms with Gasteiger partial charge in [0, 0.05) is 17.7 Å². The molecular weight excluding hydrogens is 272 g/mol. The van der Waals surface area contributed by atoms with Crippen LogP contribution in [0.25, 0.3) is 0 Å². The normalized spacial score (nSPS) is 12.2. The molecule has 0 saturated heterocycles. The van der Waals surface area contributed by atoms with Gasteiger partial charge >= 0.3 is 0 Å². The SMILES string of the molecule is CCNC(C)c1c(F)cccc1Oc1cc(F)ccc1C. The summed E-state index contributed by atoms with van der Waals surface area (Å²) in [6, 6.07) is 8.79. The molecule has 1 atom stereocenters. The molecule has 2 nitrogen and oxygen atoms in total. The summed E-state index contributed by atoms with van der Waals surface area (Å²) in [7, 11) is 0. The number of benzene rings is 2. The van der Waals surface area contributed by atoms with Crippen LogP contribution in [0.1, 0.15) is 31.0 Å². The summed E-state index contributed by atoms with van der Waals surface area (Å²) in [5.74, 6) is 0.0750. The van der Waals surface area contributed by atoms with Crippen LogP contribution < -0.4 is 10.1 Å². The second-order valence-electron chi connectivity index (χ2n) is 4.94. The molecule has 2 aromatic rings. The molecule has 112 valence electrons. The van der Waals surface area contributed by atoms with Crippen LogP contribution in [0, 0.1) is 18.6 Å². The van der Waals surface area contributed by atoms with Gasteiger partial charge in [-0.25, -0.2) is 8.78 Å². The van der Waals surface area contributed by atoms with E-state index in [2.05, 4.69) is 5.32 Å². The van der Waals surface area contributed by atoms with Crippen molar-refractivity contribution in [3.63, 3.8) is 0 Å². The first-order valence-corrected chi connectivity index (χ1v) is 6.98. The molecule has 2 rings (SSSR count). The molecule has 1 unspecified atom stereocenters. The second kappa shape index (κ2) is 6.68. The lowest BCUT2D eigenvalue weighted by atomic mass is 10.1. The highest BCUT2D eigenvalue weighted by atomic mass is 19.1. The minimum Gasteiger partial charge on any atom is -0.457 e. The Morgan fingerprint density at radius 3 is 2.62 bits per heavy atom. The summed E-state index contributed by atoms with van der Waals surface area (Å²) in [6.07, 6.45) is 0. The van der Waals surface area contributed by atoms with Gasteiger partial charge in [0.25, 0.3) is 0 Å². The zero-order valence-electron chi connectivity index (χ0n) is 12.4. The summed E-state index contributed by atoms with van der Waals surface area (Å²) in [5.41, 5.74) is 1.24. The maximum atomic E-state index is 14.1. The van der Waals surface area contributed by atoms with Crippen molar-refractivity contribution in [1.82, 2.24) is 5.32 Å². The van der Waals surface area contributed by atoms with Crippen LogP contribution >= 0.6 is 0 Å². The number of hydrogen-bond acceptors (Lipinski definition) is 2. The standard InChI is InChI=1S/C17H19F2NO/c1-4-20-12(3)17-14(19)6-5-7-15(17)21-16-10-13(18)9-8-11(16)2/h5-10,12,20H,4H2,1-3H3. The molecule has 1 N–H and O–H groups in total. The van der Waals surface area contributed by atoms with E-state index in [1.54, 1.807) is 18.2 Å². The van der Waals surface area contributed by atoms with Crippen molar-refractivity contribution in [2.24, 2.45) is 0 Å². The number of halogens is 2. The van der Waals surface area contributed by atoms with Gasteiger partial charge in [-0.15, -0.1) is 0 Å². The zero-order valence-corrected chi connectivity index (χ0v) is 12.4. The van der Waals surface area contributed by atoms with Gasteiger partial charge in [0.15, 0.2) is 0 Å². The fraction of sp³-hybridized carbons (Fsp3) is 0.294. The van der Waals surface area contributed by atoms with Crippen molar-refractivity contribution in [3.05, 3.63) is 59.2 Å². The number of nitrogens with one attached hydrogen (secondary N) is 1. The molecule has 0 heterocycles. The summed E-state index contributed by atoms with van der Waals surface area (Å²) in [6.45, 7) is 6.36. The minimum atomic E-state index is -0.381. The Balaban J connectivity index is 2.40. The Morgan fingerprint density at radius 2 is 1.90 bits per heavy atom. The van der Waals surface area contributed by atoms with Crippen LogP contribution in [0.2, 0.25) is 0 Å². The van der Waals surface area contributed by atoms with Crippen LogP contribution in [-0.4, -0.2) is 6.54 Å². The predicted octanol–water partition coefficient (Wildman–Crippen LogP) is 4.74. The van der Waals surface area contributed by atoms with E-state index >= 15 is 0 Å². The lowest BCUT2D eigenvalue weighted by Crippen LogP contribution is -2.19. The summed E-state index contributed by atoms with van der Waals surface area (Å²) in [4.78, 5) is 0. The third-order valence-electron chi connectivity index (χ3n) is 3.33. The van der Waals surface area contributed by atoms with Gasteiger partial charge < -0.3 is 10.1 Å². The summed E-state index contributed by atoms with van der Waals surface area (Å²) < 4.78 is 33.2. The van der Waals surface area contributed by atoms with Crippen molar-refractivity contribution in [1.29, 1.82) is 0 Å². The van der Waals surface area contributed by atoms with Gasteiger partial charge in [-0.1, -0.05) is 19.1 Å². The van der Waals surface area contributed by atoms with Gasteiger partial charge in [-0.3, -0.25) is 0 Å². The first kappa shape index (κ1) is 15.4. The lowest BCUT2D eigenvalue weighted by Gasteiger charge is -2.19. The minimum absolute atomic E-state index is 0.194. The smallest absolute Gasteiger partial charge is 0.135 e. The Labute approximate surface area is 123 Å². The number of aryl methyl sites for hydroxylation is 1. The van der Waals surface area contributed by atoms with Gasteiger partial charge in [-0.2, -0.15) is 0 Å². The van der Waals surface area contributed by atoms with Gasteiger partial charge in [0.1, 0.15) is 23.1 Å². The van der Waals surface area contributed by atoms with Crippen LogP contribution in [0.5, 0.6) is 11.5 Å². The molecule has 0 spiro atoms. The van der Waals surface area contributed by atoms with E-state index in [4.69, 9.17) is 4.74 Å².